The molecule has 0 amide bonds. The highest BCUT2D eigenvalue weighted by Crippen LogP contribution is 2.48. The average Bonchev–Trinajstić information content (AvgIpc) is 2.81. The second-order valence-electron chi connectivity index (χ2n) is 7.96. The van der Waals surface area contributed by atoms with Crippen LogP contribution in [0.2, 0.25) is 0 Å². The molecule has 0 aliphatic carbocycles. The highest BCUT2D eigenvalue weighted by atomic mass is 28.2. The molecule has 0 aromatic carbocycles. The van der Waals surface area contributed by atoms with Crippen LogP contribution in [0, 0.1) is 0 Å². The van der Waals surface area contributed by atoms with Crippen molar-refractivity contribution in [2.24, 2.45) is 0 Å². The second-order valence-corrected chi connectivity index (χ2v) is 12.0. The van der Waals surface area contributed by atoms with Crippen molar-refractivity contribution in [3.63, 3.8) is 0 Å². The van der Waals surface area contributed by atoms with E-state index in [2.05, 4.69) is 0 Å². The normalized spacial score (nSPS) is 20.0. The molecule has 10 nitrogen and oxygen atoms in total. The zero-order chi connectivity index (χ0) is 24.9. The Labute approximate surface area is 196 Å². The first-order chi connectivity index (χ1) is 14.2. The predicted molar refractivity (Wildman–Crippen MR) is 128 cm³/mol. The van der Waals surface area contributed by atoms with Crippen LogP contribution in [-0.2, 0) is 42.6 Å². The number of nitrogens with zero attached hydrogens (tertiary/aromatic N) is 1. The minimum atomic E-state index is -1.22. The van der Waals surface area contributed by atoms with Gasteiger partial charge in [-0.2, -0.15) is 0 Å². The summed E-state index contributed by atoms with van der Waals surface area (Å²) in [5.74, 6) is -3.66. The van der Waals surface area contributed by atoms with Crippen LogP contribution in [0.1, 0.15) is 20.8 Å². The summed E-state index contributed by atoms with van der Waals surface area (Å²) in [4.78, 5) is 1.94. The molecule has 0 N–H and O–H groups in total. The van der Waals surface area contributed by atoms with Gasteiger partial charge in [0, 0.05) is 64.0 Å². The fourth-order valence-electron chi connectivity index (χ4n) is 4.05. The fourth-order valence-corrected chi connectivity index (χ4v) is 9.17. The quantitative estimate of drug-likeness (QED) is 0.174. The van der Waals surface area contributed by atoms with Crippen molar-refractivity contribution in [3.05, 3.63) is 0 Å². The largest absolute Gasteiger partial charge is 0.362 e. The van der Waals surface area contributed by atoms with Crippen molar-refractivity contribution in [1.29, 1.82) is 0 Å². The summed E-state index contributed by atoms with van der Waals surface area (Å²) in [7, 11) is 15.4. The highest BCUT2D eigenvalue weighted by molar-refractivity contribution is 6.21. The summed E-state index contributed by atoms with van der Waals surface area (Å²) in [6, 6.07) is 0. The Hall–Kier alpha value is 0.251. The van der Waals surface area contributed by atoms with E-state index < -0.39 is 33.4 Å². The first kappa shape index (κ1) is 31.3. The lowest BCUT2D eigenvalue weighted by molar-refractivity contribution is -0.434. The lowest BCUT2D eigenvalue weighted by atomic mass is 10.1. The van der Waals surface area contributed by atoms with Crippen molar-refractivity contribution in [2.45, 2.75) is 54.2 Å². The monoisotopic (exact) mass is 503 g/mol. The van der Waals surface area contributed by atoms with Crippen molar-refractivity contribution >= 4 is 30.7 Å². The molecule has 0 heterocycles. The van der Waals surface area contributed by atoms with E-state index in [0.29, 0.717) is 30.7 Å². The number of hydrogen-bond donors (Lipinski definition) is 0. The van der Waals surface area contributed by atoms with Crippen LogP contribution >= 0.6 is 0 Å². The van der Waals surface area contributed by atoms with E-state index in [1.165, 1.54) is 0 Å². The van der Waals surface area contributed by atoms with Crippen molar-refractivity contribution in [1.82, 2.24) is 4.90 Å². The third kappa shape index (κ3) is 4.62. The topological polar surface area (TPSA) is 86.3 Å². The molecule has 0 aliphatic heterocycles. The Morgan fingerprint density at radius 3 is 0.645 bits per heavy atom. The average molecular weight is 504 g/mol. The first-order valence-electron chi connectivity index (χ1n) is 9.93. The van der Waals surface area contributed by atoms with Crippen molar-refractivity contribution in [3.8, 4) is 0 Å². The minimum absolute atomic E-state index is 0.394. The summed E-state index contributed by atoms with van der Waals surface area (Å²) in [5.41, 5.74) is 0. The zero-order valence-electron chi connectivity index (χ0n) is 22.1. The summed E-state index contributed by atoms with van der Waals surface area (Å²) in [6.45, 7) is 5.42. The van der Waals surface area contributed by atoms with E-state index in [-0.39, 0.29) is 0 Å². The van der Waals surface area contributed by atoms with Gasteiger partial charge >= 0.3 is 0 Å². The number of ether oxygens (including phenoxy) is 9. The molecular formula is C18H45NO9Si3. The molecule has 0 fully saturated rings. The predicted octanol–water partition coefficient (Wildman–Crippen LogP) is -2.69. The van der Waals surface area contributed by atoms with Gasteiger partial charge in [0.2, 0.25) is 17.4 Å². The van der Waals surface area contributed by atoms with Crippen molar-refractivity contribution < 1.29 is 42.6 Å². The molecule has 0 aliphatic rings. The maximum atomic E-state index is 6.21. The van der Waals surface area contributed by atoms with Gasteiger partial charge < -0.3 is 42.6 Å². The van der Waals surface area contributed by atoms with E-state index in [9.17, 15) is 0 Å². The Balaban J connectivity index is 7.69. The van der Waals surface area contributed by atoms with Crippen LogP contribution < -0.4 is 0 Å². The second kappa shape index (κ2) is 11.1. The molecule has 0 bridgehead atoms. The van der Waals surface area contributed by atoms with E-state index in [4.69, 9.17) is 42.6 Å². The molecular weight excluding hydrogens is 458 g/mol. The SMILES string of the molecule is COC(C)(OC)C([SiH3])(OC)N(C([SiH3])(OC)C(C)(OC)OC)C([SiH3])(OC)C(C)(OC)OC. The smallest absolute Gasteiger partial charge is 0.203 e. The van der Waals surface area contributed by atoms with Crippen LogP contribution in [-0.4, -0.2) is 133 Å². The van der Waals surface area contributed by atoms with E-state index in [1.807, 2.05) is 4.90 Å². The molecule has 188 valence electrons. The third-order valence-electron chi connectivity index (χ3n) is 7.34. The van der Waals surface area contributed by atoms with Gasteiger partial charge in [0.05, 0.1) is 30.7 Å². The van der Waals surface area contributed by atoms with Gasteiger partial charge in [-0.15, -0.1) is 0 Å². The standard InChI is InChI=1S/C18H45NO9Si3/c1-13(20-4,21-5)16(29,26-10)19(17(30,27-11)14(2,22-6)23-7)18(31,28-12)15(3,24-8)25-9/h1-12,29-31H3. The van der Waals surface area contributed by atoms with Gasteiger partial charge in [-0.25, -0.2) is 4.90 Å². The lowest BCUT2D eigenvalue weighted by Crippen LogP contribution is -2.86. The maximum absolute atomic E-state index is 6.21. The van der Waals surface area contributed by atoms with Crippen molar-refractivity contribution in [2.75, 3.05) is 64.0 Å². The molecule has 31 heavy (non-hydrogen) atoms. The van der Waals surface area contributed by atoms with Gasteiger partial charge in [-0.3, -0.25) is 0 Å². The van der Waals surface area contributed by atoms with Crippen LogP contribution in [0.3, 0.4) is 0 Å². The van der Waals surface area contributed by atoms with E-state index >= 15 is 0 Å². The van der Waals surface area contributed by atoms with Gasteiger partial charge in [0.1, 0.15) is 0 Å². The van der Waals surface area contributed by atoms with E-state index in [1.54, 1.807) is 84.8 Å². The Morgan fingerprint density at radius 2 is 0.548 bits per heavy atom. The Morgan fingerprint density at radius 1 is 0.387 bits per heavy atom. The lowest BCUT2D eigenvalue weighted by Gasteiger charge is -2.65. The molecule has 0 rings (SSSR count). The zero-order valence-corrected chi connectivity index (χ0v) is 28.1. The molecule has 0 saturated carbocycles. The number of methoxy groups -OCH3 is 9. The summed E-state index contributed by atoms with van der Waals surface area (Å²) in [5, 5.41) is -3.53. The summed E-state index contributed by atoms with van der Waals surface area (Å²) < 4.78 is 53.8. The van der Waals surface area contributed by atoms with Crippen LogP contribution in [0.15, 0.2) is 0 Å². The Bertz CT molecular complexity index is 487. The number of rotatable bonds is 15. The van der Waals surface area contributed by atoms with Gasteiger partial charge in [-0.1, -0.05) is 0 Å². The minimum Gasteiger partial charge on any atom is -0.362 e. The molecule has 3 unspecified atom stereocenters. The molecule has 0 saturated heterocycles. The first-order valence-corrected chi connectivity index (χ1v) is 12.9. The Kier molecular flexibility index (Phi) is 11.2. The summed E-state index contributed by atoms with van der Waals surface area (Å²) in [6.07, 6.45) is 0. The molecule has 0 aromatic heterocycles. The van der Waals surface area contributed by atoms with Gasteiger partial charge in [-0.05, 0) is 20.8 Å². The van der Waals surface area contributed by atoms with E-state index in [0.717, 1.165) is 0 Å². The number of hydrogen-bond acceptors (Lipinski definition) is 10. The van der Waals surface area contributed by atoms with Gasteiger partial charge in [0.15, 0.2) is 16.0 Å². The van der Waals surface area contributed by atoms with Crippen LogP contribution in [0.5, 0.6) is 0 Å². The highest BCUT2D eigenvalue weighted by Gasteiger charge is 2.70. The molecule has 13 heteroatoms. The molecule has 0 spiro atoms. The van der Waals surface area contributed by atoms with Gasteiger partial charge in [0.25, 0.3) is 0 Å². The third-order valence-corrected chi connectivity index (χ3v) is 12.6. The molecule has 3 atom stereocenters. The molecule has 0 radical (unpaired) electrons. The van der Waals surface area contributed by atoms with Crippen LogP contribution in [0.4, 0.5) is 0 Å². The fraction of sp³-hybridized carbons (Fsp3) is 1.00. The molecule has 0 aromatic rings. The maximum Gasteiger partial charge on any atom is 0.203 e. The summed E-state index contributed by atoms with van der Waals surface area (Å²) >= 11 is 0. The van der Waals surface area contributed by atoms with Crippen LogP contribution in [0.25, 0.3) is 0 Å².